The molecule has 0 heterocycles. The molecule has 1 heteroatoms. The van der Waals surface area contributed by atoms with Gasteiger partial charge in [0.2, 0.25) is 0 Å². The molecule has 164 valence electrons. The van der Waals surface area contributed by atoms with Crippen molar-refractivity contribution < 1.29 is 7.24 Å². The standard InChI is InChI=1S/C27H45F.2H2/c1-18(2)7-6-8-19(3)23-11-12-24-22-10-9-20-17-21(28)13-15-26(20,4)25(22)14-16-27(23,24)5;;/h9,18-19,21-25H,6-8,10-17H2,1-5H3;2*1H/t19-,21?,22+,23-,24?,25?,26+,27-;;/m1../s1. The van der Waals surface area contributed by atoms with Crippen LogP contribution in [0.5, 0.6) is 0 Å². The van der Waals surface area contributed by atoms with E-state index in [1.54, 1.807) is 0 Å². The van der Waals surface area contributed by atoms with Gasteiger partial charge in [0.15, 0.2) is 0 Å². The fourth-order valence-electron chi connectivity index (χ4n) is 8.64. The maximum Gasteiger partial charge on any atom is 0.104 e. The van der Waals surface area contributed by atoms with Crippen molar-refractivity contribution in [3.05, 3.63) is 11.6 Å². The van der Waals surface area contributed by atoms with E-state index in [4.69, 9.17) is 0 Å². The van der Waals surface area contributed by atoms with Crippen LogP contribution in [0.4, 0.5) is 4.39 Å². The molecule has 0 aromatic rings. The predicted molar refractivity (Wildman–Crippen MR) is 122 cm³/mol. The lowest BCUT2D eigenvalue weighted by Gasteiger charge is -2.58. The summed E-state index contributed by atoms with van der Waals surface area (Å²) in [7, 11) is 0. The van der Waals surface area contributed by atoms with Gasteiger partial charge in [-0.05, 0) is 91.3 Å². The Hall–Kier alpha value is -0.330. The lowest BCUT2D eigenvalue weighted by Crippen LogP contribution is -2.50. The average molecular weight is 393 g/mol. The largest absolute Gasteiger partial charge is 0.247 e. The summed E-state index contributed by atoms with van der Waals surface area (Å²) in [5, 5.41) is 0. The van der Waals surface area contributed by atoms with Gasteiger partial charge in [0, 0.05) is 9.27 Å². The molecule has 4 aliphatic rings. The van der Waals surface area contributed by atoms with Crippen molar-refractivity contribution >= 4 is 0 Å². The highest BCUT2D eigenvalue weighted by molar-refractivity contribution is 5.25. The third kappa shape index (κ3) is 3.41. The minimum atomic E-state index is -0.577. The van der Waals surface area contributed by atoms with Gasteiger partial charge >= 0.3 is 0 Å². The van der Waals surface area contributed by atoms with Gasteiger partial charge in [-0.1, -0.05) is 65.5 Å². The second kappa shape index (κ2) is 7.73. The Morgan fingerprint density at radius 2 is 1.82 bits per heavy atom. The average Bonchev–Trinajstić information content (AvgIpc) is 2.99. The number of halogens is 1. The van der Waals surface area contributed by atoms with Gasteiger partial charge in [-0.2, -0.15) is 0 Å². The smallest absolute Gasteiger partial charge is 0.104 e. The highest BCUT2D eigenvalue weighted by Crippen LogP contribution is 2.67. The van der Waals surface area contributed by atoms with Crippen LogP contribution in [-0.4, -0.2) is 6.17 Å². The van der Waals surface area contributed by atoms with Crippen LogP contribution in [0, 0.1) is 46.3 Å². The van der Waals surface area contributed by atoms with Crippen LogP contribution in [0.3, 0.4) is 0 Å². The summed E-state index contributed by atoms with van der Waals surface area (Å²) in [6, 6.07) is 0. The molecule has 0 aromatic carbocycles. The summed E-state index contributed by atoms with van der Waals surface area (Å²) in [5.74, 6) is 5.28. The van der Waals surface area contributed by atoms with Crippen molar-refractivity contribution in [3.8, 4) is 0 Å². The van der Waals surface area contributed by atoms with E-state index in [9.17, 15) is 4.39 Å². The maximum absolute atomic E-state index is 14.1. The number of fused-ring (bicyclic) bond motifs is 5. The van der Waals surface area contributed by atoms with E-state index in [1.165, 1.54) is 56.9 Å². The summed E-state index contributed by atoms with van der Waals surface area (Å²) in [6.45, 7) is 12.5. The molecular formula is C27H49F. The first kappa shape index (κ1) is 20.9. The van der Waals surface area contributed by atoms with E-state index < -0.39 is 6.17 Å². The van der Waals surface area contributed by atoms with Crippen LogP contribution in [0.25, 0.3) is 0 Å². The van der Waals surface area contributed by atoms with E-state index in [2.05, 4.69) is 40.7 Å². The Morgan fingerprint density at radius 3 is 2.57 bits per heavy atom. The third-order valence-electron chi connectivity index (χ3n) is 10.2. The van der Waals surface area contributed by atoms with Crippen molar-refractivity contribution in [2.24, 2.45) is 46.3 Å². The second-order valence-electron chi connectivity index (χ2n) is 12.1. The van der Waals surface area contributed by atoms with Crippen molar-refractivity contribution in [1.82, 2.24) is 0 Å². The van der Waals surface area contributed by atoms with E-state index in [-0.39, 0.29) is 2.85 Å². The summed E-state index contributed by atoms with van der Waals surface area (Å²) >= 11 is 0. The highest BCUT2D eigenvalue weighted by atomic mass is 19.1. The molecule has 0 spiro atoms. The van der Waals surface area contributed by atoms with E-state index in [1.807, 2.05) is 0 Å². The Balaban J connectivity index is 0.00000160. The zero-order chi connectivity index (χ0) is 20.1. The van der Waals surface area contributed by atoms with Gasteiger partial charge in [-0.25, -0.2) is 4.39 Å². The zero-order valence-corrected chi connectivity index (χ0v) is 19.3. The molecule has 4 aliphatic carbocycles. The molecule has 28 heavy (non-hydrogen) atoms. The number of hydrogen-bond donors (Lipinski definition) is 0. The first-order valence-electron chi connectivity index (χ1n) is 12.6. The molecule has 0 radical (unpaired) electrons. The second-order valence-corrected chi connectivity index (χ2v) is 12.1. The third-order valence-corrected chi connectivity index (χ3v) is 10.2. The first-order chi connectivity index (χ1) is 13.3. The predicted octanol–water partition coefficient (Wildman–Crippen LogP) is 8.86. The summed E-state index contributed by atoms with van der Waals surface area (Å²) in [5.41, 5.74) is 2.37. The van der Waals surface area contributed by atoms with Crippen LogP contribution in [0.2, 0.25) is 0 Å². The minimum absolute atomic E-state index is 0. The molecule has 8 atom stereocenters. The number of hydrogen-bond acceptors (Lipinski definition) is 0. The number of rotatable bonds is 5. The van der Waals surface area contributed by atoms with Crippen LogP contribution in [0.15, 0.2) is 11.6 Å². The van der Waals surface area contributed by atoms with Crippen LogP contribution >= 0.6 is 0 Å². The molecule has 0 N–H and O–H groups in total. The number of alkyl halides is 1. The Labute approximate surface area is 177 Å². The lowest BCUT2D eigenvalue weighted by atomic mass is 9.47. The summed E-state index contributed by atoms with van der Waals surface area (Å²) < 4.78 is 14.1. The van der Waals surface area contributed by atoms with Gasteiger partial charge in [-0.15, -0.1) is 0 Å². The molecule has 0 amide bonds. The quantitative estimate of drug-likeness (QED) is 0.410. The lowest BCUT2D eigenvalue weighted by molar-refractivity contribution is -0.0537. The molecule has 3 unspecified atom stereocenters. The first-order valence-corrected chi connectivity index (χ1v) is 12.6. The molecule has 0 nitrogen and oxygen atoms in total. The maximum atomic E-state index is 14.1. The molecule has 0 aliphatic heterocycles. The molecule has 0 aromatic heterocycles. The highest BCUT2D eigenvalue weighted by Gasteiger charge is 2.59. The van der Waals surface area contributed by atoms with Crippen LogP contribution < -0.4 is 0 Å². The van der Waals surface area contributed by atoms with E-state index in [0.29, 0.717) is 10.8 Å². The fourth-order valence-corrected chi connectivity index (χ4v) is 8.64. The van der Waals surface area contributed by atoms with Gasteiger partial charge in [0.25, 0.3) is 0 Å². The summed E-state index contributed by atoms with van der Waals surface area (Å²) in [6.07, 6.45) is 15.8. The fraction of sp³-hybridized carbons (Fsp3) is 0.926. The normalized spacial score (nSPS) is 46.5. The minimum Gasteiger partial charge on any atom is -0.247 e. The topological polar surface area (TPSA) is 0 Å². The van der Waals surface area contributed by atoms with Gasteiger partial charge < -0.3 is 0 Å². The Morgan fingerprint density at radius 1 is 1.04 bits per heavy atom. The molecule has 3 saturated carbocycles. The Kier molecular flexibility index (Phi) is 5.78. The molecule has 3 fully saturated rings. The Bertz CT molecular complexity index is 602. The van der Waals surface area contributed by atoms with Crippen molar-refractivity contribution in [2.45, 2.75) is 111 Å². The van der Waals surface area contributed by atoms with Crippen molar-refractivity contribution in [3.63, 3.8) is 0 Å². The molecule has 0 saturated heterocycles. The number of allylic oxidation sites excluding steroid dienone is 2. The van der Waals surface area contributed by atoms with Gasteiger partial charge in [-0.3, -0.25) is 0 Å². The van der Waals surface area contributed by atoms with Crippen LogP contribution in [0.1, 0.15) is 108 Å². The van der Waals surface area contributed by atoms with E-state index >= 15 is 0 Å². The van der Waals surface area contributed by atoms with Crippen LogP contribution in [-0.2, 0) is 0 Å². The molecular weight excluding hydrogens is 343 g/mol. The van der Waals surface area contributed by atoms with Gasteiger partial charge in [0.1, 0.15) is 6.17 Å². The summed E-state index contributed by atoms with van der Waals surface area (Å²) in [4.78, 5) is 0. The van der Waals surface area contributed by atoms with Crippen molar-refractivity contribution in [2.75, 3.05) is 0 Å². The van der Waals surface area contributed by atoms with E-state index in [0.717, 1.165) is 54.8 Å². The SMILES string of the molecule is CC(C)CCC[C@@H](C)[C@H]1CCC2[C@@H]3CC=C4CC(F)CC[C@]4(C)C3CC[C@@]21C.[HH].[HH]. The molecule has 0 bridgehead atoms. The monoisotopic (exact) mass is 392 g/mol. The molecule has 4 rings (SSSR count). The zero-order valence-electron chi connectivity index (χ0n) is 19.3. The van der Waals surface area contributed by atoms with Crippen molar-refractivity contribution in [1.29, 1.82) is 0 Å². The van der Waals surface area contributed by atoms with Gasteiger partial charge in [0.05, 0.1) is 0 Å².